The average molecular weight is 513 g/mol. The van der Waals surface area contributed by atoms with E-state index in [1.165, 1.54) is 0 Å². The monoisotopic (exact) mass is 512 g/mol. The quantitative estimate of drug-likeness (QED) is 0.410. The third kappa shape index (κ3) is 7.33. The van der Waals surface area contributed by atoms with Crippen molar-refractivity contribution in [2.75, 3.05) is 13.1 Å². The SMILES string of the molecule is O=C(c1cccc(OCc2ccccc2)c1)N1CCC(c2cccc(CNOC(=O)C(F)(F)F)c2)CC1. The molecule has 0 saturated carbocycles. The molecule has 0 unspecified atom stereocenters. The molecule has 1 aliphatic rings. The van der Waals surface area contributed by atoms with Crippen LogP contribution in [0.4, 0.5) is 13.2 Å². The molecule has 1 N–H and O–H groups in total. The number of benzene rings is 3. The summed E-state index contributed by atoms with van der Waals surface area (Å²) in [5, 5.41) is 0. The molecule has 194 valence electrons. The summed E-state index contributed by atoms with van der Waals surface area (Å²) >= 11 is 0. The van der Waals surface area contributed by atoms with Crippen LogP contribution in [0.3, 0.4) is 0 Å². The summed E-state index contributed by atoms with van der Waals surface area (Å²) in [4.78, 5) is 29.8. The van der Waals surface area contributed by atoms with Crippen LogP contribution in [0, 0.1) is 0 Å². The smallest absolute Gasteiger partial charge is 0.489 e. The number of ether oxygens (including phenoxy) is 1. The van der Waals surface area contributed by atoms with Gasteiger partial charge in [0.2, 0.25) is 0 Å². The first-order valence-corrected chi connectivity index (χ1v) is 12.0. The van der Waals surface area contributed by atoms with Crippen LogP contribution in [0.25, 0.3) is 0 Å². The van der Waals surface area contributed by atoms with Crippen LogP contribution in [-0.2, 0) is 22.8 Å². The minimum absolute atomic E-state index is 0.0460. The first-order valence-electron chi connectivity index (χ1n) is 12.0. The maximum atomic E-state index is 13.1. The van der Waals surface area contributed by atoms with Crippen molar-refractivity contribution < 1.29 is 32.3 Å². The van der Waals surface area contributed by atoms with Gasteiger partial charge < -0.3 is 14.5 Å². The van der Waals surface area contributed by atoms with Crippen LogP contribution in [0.15, 0.2) is 78.9 Å². The Hall–Kier alpha value is -3.85. The van der Waals surface area contributed by atoms with Gasteiger partial charge in [0.15, 0.2) is 0 Å². The predicted molar refractivity (Wildman–Crippen MR) is 131 cm³/mol. The lowest BCUT2D eigenvalue weighted by atomic mass is 9.88. The third-order valence-corrected chi connectivity index (χ3v) is 6.21. The van der Waals surface area contributed by atoms with Crippen LogP contribution < -0.4 is 10.2 Å². The topological polar surface area (TPSA) is 67.9 Å². The van der Waals surface area contributed by atoms with E-state index < -0.39 is 12.1 Å². The van der Waals surface area contributed by atoms with Crippen LogP contribution in [-0.4, -0.2) is 36.0 Å². The Bertz CT molecular complexity index is 1210. The average Bonchev–Trinajstić information content (AvgIpc) is 2.92. The van der Waals surface area contributed by atoms with E-state index in [0.29, 0.717) is 36.6 Å². The maximum absolute atomic E-state index is 13.1. The van der Waals surface area contributed by atoms with Gasteiger partial charge in [0.25, 0.3) is 5.91 Å². The number of rotatable bonds is 8. The molecule has 1 saturated heterocycles. The Morgan fingerprint density at radius 1 is 0.892 bits per heavy atom. The van der Waals surface area contributed by atoms with Crippen molar-refractivity contribution in [3.8, 4) is 5.75 Å². The van der Waals surface area contributed by atoms with E-state index in [9.17, 15) is 22.8 Å². The molecule has 3 aromatic carbocycles. The molecule has 0 aromatic heterocycles. The molecule has 37 heavy (non-hydrogen) atoms. The van der Waals surface area contributed by atoms with Crippen LogP contribution in [0.5, 0.6) is 5.75 Å². The van der Waals surface area contributed by atoms with Crippen molar-refractivity contribution in [1.82, 2.24) is 10.4 Å². The second kappa shape index (κ2) is 11.9. The van der Waals surface area contributed by atoms with Gasteiger partial charge >= 0.3 is 12.1 Å². The van der Waals surface area contributed by atoms with Crippen molar-refractivity contribution in [1.29, 1.82) is 0 Å². The van der Waals surface area contributed by atoms with Crippen LogP contribution in [0.2, 0.25) is 0 Å². The fourth-order valence-corrected chi connectivity index (χ4v) is 4.26. The fraction of sp³-hybridized carbons (Fsp3) is 0.286. The maximum Gasteiger partial charge on any atom is 0.492 e. The van der Waals surface area contributed by atoms with Crippen molar-refractivity contribution in [3.63, 3.8) is 0 Å². The number of nitrogens with one attached hydrogen (secondary N) is 1. The number of nitrogens with zero attached hydrogens (tertiary/aromatic N) is 1. The highest BCUT2D eigenvalue weighted by molar-refractivity contribution is 5.94. The van der Waals surface area contributed by atoms with Crippen molar-refractivity contribution in [2.24, 2.45) is 0 Å². The Morgan fingerprint density at radius 3 is 2.32 bits per heavy atom. The van der Waals surface area contributed by atoms with E-state index in [1.807, 2.05) is 65.6 Å². The van der Waals surface area contributed by atoms with E-state index in [2.05, 4.69) is 10.3 Å². The molecule has 1 fully saturated rings. The minimum atomic E-state index is -5.04. The summed E-state index contributed by atoms with van der Waals surface area (Å²) in [6, 6.07) is 24.4. The zero-order valence-corrected chi connectivity index (χ0v) is 20.0. The van der Waals surface area contributed by atoms with Gasteiger partial charge in [-0.1, -0.05) is 60.7 Å². The highest BCUT2D eigenvalue weighted by Crippen LogP contribution is 2.29. The van der Waals surface area contributed by atoms with E-state index in [4.69, 9.17) is 4.74 Å². The first kappa shape index (κ1) is 26.2. The highest BCUT2D eigenvalue weighted by atomic mass is 19.4. The molecule has 6 nitrogen and oxygen atoms in total. The number of hydrogen-bond donors (Lipinski definition) is 1. The zero-order valence-electron chi connectivity index (χ0n) is 20.0. The molecular weight excluding hydrogens is 485 g/mol. The zero-order chi connectivity index (χ0) is 26.3. The van der Waals surface area contributed by atoms with Gasteiger partial charge in [-0.3, -0.25) is 4.79 Å². The van der Waals surface area contributed by atoms with Gasteiger partial charge in [0, 0.05) is 18.7 Å². The third-order valence-electron chi connectivity index (χ3n) is 6.21. The Balaban J connectivity index is 1.28. The lowest BCUT2D eigenvalue weighted by molar-refractivity contribution is -0.207. The van der Waals surface area contributed by atoms with Gasteiger partial charge in [-0.2, -0.15) is 13.2 Å². The summed E-state index contributed by atoms with van der Waals surface area (Å²) in [7, 11) is 0. The van der Waals surface area contributed by atoms with Gasteiger partial charge in [0.1, 0.15) is 12.4 Å². The second-order valence-electron chi connectivity index (χ2n) is 8.82. The van der Waals surface area contributed by atoms with Gasteiger partial charge in [-0.25, -0.2) is 4.79 Å². The van der Waals surface area contributed by atoms with E-state index in [1.54, 1.807) is 18.2 Å². The Labute approximate surface area is 212 Å². The summed E-state index contributed by atoms with van der Waals surface area (Å²) < 4.78 is 42.6. The minimum Gasteiger partial charge on any atom is -0.489 e. The lowest BCUT2D eigenvalue weighted by Gasteiger charge is -2.32. The van der Waals surface area contributed by atoms with E-state index in [0.717, 1.165) is 24.0 Å². The predicted octanol–water partition coefficient (Wildman–Crippen LogP) is 5.40. The molecule has 4 rings (SSSR count). The molecule has 1 aliphatic heterocycles. The van der Waals surface area contributed by atoms with Crippen LogP contribution >= 0.6 is 0 Å². The number of amides is 1. The molecule has 0 atom stereocenters. The number of hydroxylamine groups is 1. The molecule has 0 spiro atoms. The van der Waals surface area contributed by atoms with Gasteiger partial charge in [0.05, 0.1) is 6.54 Å². The summed E-state index contributed by atoms with van der Waals surface area (Å²) in [6.45, 7) is 1.55. The number of alkyl halides is 3. The van der Waals surface area contributed by atoms with Crippen molar-refractivity contribution in [2.45, 2.75) is 38.1 Å². The summed E-state index contributed by atoms with van der Waals surface area (Å²) in [6.07, 6.45) is -3.53. The number of halogens is 3. The molecule has 0 aliphatic carbocycles. The molecule has 0 bridgehead atoms. The number of carbonyl (C=O) groups excluding carboxylic acids is 2. The van der Waals surface area contributed by atoms with Crippen molar-refractivity contribution >= 4 is 11.9 Å². The second-order valence-corrected chi connectivity index (χ2v) is 8.82. The molecule has 0 radical (unpaired) electrons. The Morgan fingerprint density at radius 2 is 1.59 bits per heavy atom. The first-order chi connectivity index (χ1) is 17.8. The number of hydrogen-bond acceptors (Lipinski definition) is 5. The van der Waals surface area contributed by atoms with Gasteiger partial charge in [-0.15, -0.1) is 5.48 Å². The van der Waals surface area contributed by atoms with Gasteiger partial charge in [-0.05, 0) is 53.6 Å². The normalized spacial score (nSPS) is 14.3. The van der Waals surface area contributed by atoms with Crippen LogP contribution in [0.1, 0.15) is 45.8 Å². The Kier molecular flexibility index (Phi) is 8.45. The molecule has 3 aromatic rings. The standard InChI is InChI=1S/C28H27F3N2O4/c29-28(30,31)27(35)37-32-18-21-8-4-9-23(16-21)22-12-14-33(15-13-22)26(34)24-10-5-11-25(17-24)36-19-20-6-2-1-3-7-20/h1-11,16-17,22,32H,12-15,18-19H2. The highest BCUT2D eigenvalue weighted by Gasteiger charge is 2.41. The lowest BCUT2D eigenvalue weighted by Crippen LogP contribution is -2.37. The molecular formula is C28H27F3N2O4. The van der Waals surface area contributed by atoms with E-state index in [-0.39, 0.29) is 18.4 Å². The molecule has 1 amide bonds. The number of piperidine rings is 1. The fourth-order valence-electron chi connectivity index (χ4n) is 4.26. The molecule has 9 heteroatoms. The summed E-state index contributed by atoms with van der Waals surface area (Å²) in [5.74, 6) is -1.49. The largest absolute Gasteiger partial charge is 0.492 e. The van der Waals surface area contributed by atoms with Crippen molar-refractivity contribution in [3.05, 3.63) is 101 Å². The number of likely N-dealkylation sites (tertiary alicyclic amines) is 1. The summed E-state index contributed by atoms with van der Waals surface area (Å²) in [5.41, 5.74) is 5.41. The number of carbonyl (C=O) groups is 2. The molecule has 1 heterocycles. The van der Waals surface area contributed by atoms with E-state index >= 15 is 0 Å².